The molecule has 1 heterocycles. The summed E-state index contributed by atoms with van der Waals surface area (Å²) in [6, 6.07) is 4.12. The fraction of sp³-hybridized carbons (Fsp3) is 0.375. The number of carboxylic acid groups (broad SMARTS) is 1. The van der Waals surface area contributed by atoms with E-state index < -0.39 is 11.8 Å². The summed E-state index contributed by atoms with van der Waals surface area (Å²) in [4.78, 5) is 16.2. The molecule has 0 radical (unpaired) electrons. The fourth-order valence-corrected chi connectivity index (χ4v) is 3.36. The first-order valence-corrected chi connectivity index (χ1v) is 6.82. The van der Waals surface area contributed by atoms with E-state index in [1.807, 2.05) is 6.92 Å². The molecule has 0 fully saturated rings. The van der Waals surface area contributed by atoms with Gasteiger partial charge in [0.2, 0.25) is 0 Å². The van der Waals surface area contributed by atoms with Crippen LogP contribution < -0.4 is 0 Å². The van der Waals surface area contributed by atoms with Crippen molar-refractivity contribution in [1.29, 1.82) is 0 Å². The van der Waals surface area contributed by atoms with Gasteiger partial charge in [0.15, 0.2) is 0 Å². The van der Waals surface area contributed by atoms with E-state index in [1.54, 1.807) is 0 Å². The van der Waals surface area contributed by atoms with Crippen LogP contribution in [0.1, 0.15) is 47.8 Å². The van der Waals surface area contributed by atoms with Gasteiger partial charge in [0.1, 0.15) is 5.82 Å². The van der Waals surface area contributed by atoms with Gasteiger partial charge in [-0.1, -0.05) is 13.8 Å². The van der Waals surface area contributed by atoms with Gasteiger partial charge in [0.25, 0.3) is 0 Å². The highest BCUT2D eigenvalue weighted by molar-refractivity contribution is 6.04. The van der Waals surface area contributed by atoms with Gasteiger partial charge in [-0.2, -0.15) is 0 Å². The molecule has 1 aromatic carbocycles. The lowest BCUT2D eigenvalue weighted by molar-refractivity contribution is 0.0696. The molecule has 0 spiro atoms. The smallest absolute Gasteiger partial charge is 0.336 e. The number of fused-ring (bicyclic) bond motifs is 2. The van der Waals surface area contributed by atoms with Gasteiger partial charge >= 0.3 is 5.97 Å². The zero-order valence-corrected chi connectivity index (χ0v) is 11.5. The minimum Gasteiger partial charge on any atom is -0.478 e. The molecule has 0 saturated carbocycles. The third kappa shape index (κ3) is 1.96. The normalized spacial score (nSPS) is 21.8. The number of carboxylic acids is 1. The Bertz CT molecular complexity index is 711. The summed E-state index contributed by atoms with van der Waals surface area (Å²) in [6.45, 7) is 4.18. The second kappa shape index (κ2) is 4.54. The molecule has 0 amide bonds. The topological polar surface area (TPSA) is 50.2 Å². The molecule has 3 rings (SSSR count). The highest BCUT2D eigenvalue weighted by Crippen LogP contribution is 2.38. The third-order valence-electron chi connectivity index (χ3n) is 4.07. The Morgan fingerprint density at radius 3 is 2.85 bits per heavy atom. The molecule has 0 saturated heterocycles. The van der Waals surface area contributed by atoms with E-state index >= 15 is 0 Å². The summed E-state index contributed by atoms with van der Waals surface area (Å²) in [5.41, 5.74) is 2.37. The van der Waals surface area contributed by atoms with Gasteiger partial charge in [0.05, 0.1) is 11.1 Å². The first kappa shape index (κ1) is 13.0. The van der Waals surface area contributed by atoms with Crippen LogP contribution in [0.15, 0.2) is 18.2 Å². The molecular formula is C16H16FNO2. The SMILES string of the molecule is CC1Cc2nc3cc(F)ccc3c(C(=O)O)c2C(C)C1. The second-order valence-electron chi connectivity index (χ2n) is 5.76. The van der Waals surface area contributed by atoms with Gasteiger partial charge in [-0.05, 0) is 42.4 Å². The maximum Gasteiger partial charge on any atom is 0.336 e. The molecule has 2 aromatic rings. The van der Waals surface area contributed by atoms with E-state index in [2.05, 4.69) is 11.9 Å². The van der Waals surface area contributed by atoms with Crippen LogP contribution in [0.25, 0.3) is 10.9 Å². The number of rotatable bonds is 1. The first-order chi connectivity index (χ1) is 9.47. The van der Waals surface area contributed by atoms with E-state index in [0.717, 1.165) is 24.1 Å². The van der Waals surface area contributed by atoms with Crippen molar-refractivity contribution in [3.8, 4) is 0 Å². The Morgan fingerprint density at radius 1 is 1.40 bits per heavy atom. The number of halogens is 1. The Balaban J connectivity index is 2.39. The predicted molar refractivity (Wildman–Crippen MR) is 74.6 cm³/mol. The van der Waals surface area contributed by atoms with Crippen LogP contribution >= 0.6 is 0 Å². The molecular weight excluding hydrogens is 257 g/mol. The number of pyridine rings is 1. The average molecular weight is 273 g/mol. The van der Waals surface area contributed by atoms with Crippen molar-refractivity contribution >= 4 is 16.9 Å². The monoisotopic (exact) mass is 273 g/mol. The van der Waals surface area contributed by atoms with Crippen LogP contribution in [0.3, 0.4) is 0 Å². The minimum absolute atomic E-state index is 0.168. The predicted octanol–water partition coefficient (Wildman–Crippen LogP) is 3.76. The van der Waals surface area contributed by atoms with Crippen molar-refractivity contribution < 1.29 is 14.3 Å². The molecule has 1 aliphatic carbocycles. The van der Waals surface area contributed by atoms with Crippen LogP contribution in [-0.4, -0.2) is 16.1 Å². The lowest BCUT2D eigenvalue weighted by Crippen LogP contribution is -2.20. The van der Waals surface area contributed by atoms with Gasteiger partial charge in [-0.25, -0.2) is 9.18 Å². The molecule has 1 aliphatic rings. The number of nitrogens with zero attached hydrogens (tertiary/aromatic N) is 1. The number of carbonyl (C=O) groups is 1. The molecule has 2 atom stereocenters. The molecule has 1 aromatic heterocycles. The van der Waals surface area contributed by atoms with Crippen LogP contribution in [0.4, 0.5) is 4.39 Å². The summed E-state index contributed by atoms with van der Waals surface area (Å²) in [5, 5.41) is 10.1. The summed E-state index contributed by atoms with van der Waals surface area (Å²) >= 11 is 0. The van der Waals surface area contributed by atoms with E-state index in [9.17, 15) is 14.3 Å². The number of hydrogen-bond acceptors (Lipinski definition) is 2. The maximum atomic E-state index is 13.4. The number of aromatic nitrogens is 1. The highest BCUT2D eigenvalue weighted by Gasteiger charge is 2.29. The summed E-state index contributed by atoms with van der Waals surface area (Å²) in [6.07, 6.45) is 1.72. The van der Waals surface area contributed by atoms with Gasteiger partial charge in [-0.3, -0.25) is 4.98 Å². The number of hydrogen-bond donors (Lipinski definition) is 1. The van der Waals surface area contributed by atoms with E-state index in [0.29, 0.717) is 22.4 Å². The van der Waals surface area contributed by atoms with Crippen molar-refractivity contribution in [2.75, 3.05) is 0 Å². The Morgan fingerprint density at radius 2 is 2.15 bits per heavy atom. The van der Waals surface area contributed by atoms with E-state index in [4.69, 9.17) is 0 Å². The average Bonchev–Trinajstić information content (AvgIpc) is 2.35. The lowest BCUT2D eigenvalue weighted by atomic mass is 9.78. The zero-order chi connectivity index (χ0) is 14.4. The van der Waals surface area contributed by atoms with Crippen LogP contribution in [0.5, 0.6) is 0 Å². The van der Waals surface area contributed by atoms with Crippen molar-refractivity contribution in [2.45, 2.75) is 32.6 Å². The maximum absolute atomic E-state index is 13.4. The summed E-state index contributed by atoms with van der Waals surface area (Å²) in [5.74, 6) is -0.709. The number of benzene rings is 1. The van der Waals surface area contributed by atoms with Gasteiger partial charge in [-0.15, -0.1) is 0 Å². The number of aromatic carboxylic acids is 1. The van der Waals surface area contributed by atoms with E-state index in [1.165, 1.54) is 18.2 Å². The zero-order valence-electron chi connectivity index (χ0n) is 11.5. The minimum atomic E-state index is -0.957. The molecule has 20 heavy (non-hydrogen) atoms. The molecule has 104 valence electrons. The Hall–Kier alpha value is -1.97. The molecule has 1 N–H and O–H groups in total. The fourth-order valence-electron chi connectivity index (χ4n) is 3.36. The second-order valence-corrected chi connectivity index (χ2v) is 5.76. The highest BCUT2D eigenvalue weighted by atomic mass is 19.1. The molecule has 4 heteroatoms. The largest absolute Gasteiger partial charge is 0.478 e. The van der Waals surface area contributed by atoms with Crippen molar-refractivity contribution in [3.63, 3.8) is 0 Å². The van der Waals surface area contributed by atoms with Gasteiger partial charge in [0, 0.05) is 17.1 Å². The Kier molecular flexibility index (Phi) is 2.96. The van der Waals surface area contributed by atoms with Crippen molar-refractivity contribution in [3.05, 3.63) is 40.8 Å². The molecule has 0 aliphatic heterocycles. The summed E-state index contributed by atoms with van der Waals surface area (Å²) in [7, 11) is 0. The van der Waals surface area contributed by atoms with E-state index in [-0.39, 0.29) is 5.92 Å². The quantitative estimate of drug-likeness (QED) is 0.860. The lowest BCUT2D eigenvalue weighted by Gasteiger charge is -2.28. The molecule has 3 nitrogen and oxygen atoms in total. The first-order valence-electron chi connectivity index (χ1n) is 6.82. The van der Waals surface area contributed by atoms with Gasteiger partial charge < -0.3 is 5.11 Å². The Labute approximate surface area is 116 Å². The van der Waals surface area contributed by atoms with Crippen LogP contribution in [0, 0.1) is 11.7 Å². The van der Waals surface area contributed by atoms with Crippen LogP contribution in [0.2, 0.25) is 0 Å². The summed E-state index contributed by atoms with van der Waals surface area (Å²) < 4.78 is 13.4. The van der Waals surface area contributed by atoms with Crippen molar-refractivity contribution in [2.24, 2.45) is 5.92 Å². The molecule has 2 unspecified atom stereocenters. The van der Waals surface area contributed by atoms with Crippen molar-refractivity contribution in [1.82, 2.24) is 4.98 Å². The standard InChI is InChI=1S/C16H16FNO2/c1-8-5-9(2)14-13(6-8)18-12-7-10(17)3-4-11(12)15(14)16(19)20/h3-4,7-9H,5-6H2,1-2H3,(H,19,20). The molecule has 0 bridgehead atoms. The third-order valence-corrected chi connectivity index (χ3v) is 4.07. The van der Waals surface area contributed by atoms with Crippen LogP contribution in [-0.2, 0) is 6.42 Å².